The number of hydrogen-bond acceptors (Lipinski definition) is 5. The van der Waals surface area contributed by atoms with Crippen molar-refractivity contribution >= 4 is 62.9 Å². The van der Waals surface area contributed by atoms with Crippen molar-refractivity contribution < 1.29 is 9.53 Å². The maximum Gasteiger partial charge on any atom is 0.351 e. The van der Waals surface area contributed by atoms with E-state index in [1.807, 2.05) is 0 Å². The molecule has 0 atom stereocenters. The molecule has 0 aliphatic heterocycles. The minimum absolute atomic E-state index is 0.0967. The van der Waals surface area contributed by atoms with Gasteiger partial charge in [-0.25, -0.2) is 9.78 Å². The number of halogens is 3. The Labute approximate surface area is 128 Å². The molecule has 0 aliphatic rings. The summed E-state index contributed by atoms with van der Waals surface area (Å²) in [7, 11) is 1.28. The van der Waals surface area contributed by atoms with E-state index in [4.69, 9.17) is 34.8 Å². The quantitative estimate of drug-likeness (QED) is 0.829. The Morgan fingerprint density at radius 1 is 1.32 bits per heavy atom. The fraction of sp³-hybridized carbons (Fsp3) is 0.0909. The molecule has 0 aliphatic carbocycles. The van der Waals surface area contributed by atoms with E-state index in [1.54, 1.807) is 18.2 Å². The number of hydrogen-bond donors (Lipinski definition) is 1. The highest BCUT2D eigenvalue weighted by Crippen LogP contribution is 2.31. The highest BCUT2D eigenvalue weighted by molar-refractivity contribution is 7.18. The molecule has 19 heavy (non-hydrogen) atoms. The Morgan fingerprint density at radius 3 is 2.68 bits per heavy atom. The number of carbonyl (C=O) groups is 1. The molecule has 1 aromatic heterocycles. The summed E-state index contributed by atoms with van der Waals surface area (Å²) < 4.78 is 4.60. The molecule has 4 nitrogen and oxygen atoms in total. The normalized spacial score (nSPS) is 10.3. The summed E-state index contributed by atoms with van der Waals surface area (Å²) in [6.07, 6.45) is 0. The summed E-state index contributed by atoms with van der Waals surface area (Å²) >= 11 is 18.7. The molecule has 0 saturated heterocycles. The van der Waals surface area contributed by atoms with Gasteiger partial charge in [0.1, 0.15) is 0 Å². The summed E-state index contributed by atoms with van der Waals surface area (Å²) in [6.45, 7) is 0. The lowest BCUT2D eigenvalue weighted by molar-refractivity contribution is 0.0606. The van der Waals surface area contributed by atoms with Crippen LogP contribution >= 0.6 is 46.1 Å². The lowest BCUT2D eigenvalue weighted by Crippen LogP contribution is -1.98. The van der Waals surface area contributed by atoms with E-state index in [0.29, 0.717) is 20.9 Å². The molecule has 0 fully saturated rings. The van der Waals surface area contributed by atoms with Gasteiger partial charge in [-0.15, -0.1) is 0 Å². The maximum atomic E-state index is 11.4. The third-order valence-electron chi connectivity index (χ3n) is 2.13. The van der Waals surface area contributed by atoms with Crippen LogP contribution in [0.4, 0.5) is 10.8 Å². The van der Waals surface area contributed by atoms with Gasteiger partial charge < -0.3 is 10.1 Å². The average molecular weight is 338 g/mol. The molecule has 0 radical (unpaired) electrons. The third-order valence-corrected chi connectivity index (χ3v) is 4.20. The number of aromatic nitrogens is 1. The highest BCUT2D eigenvalue weighted by Gasteiger charge is 2.17. The first kappa shape index (κ1) is 14.4. The van der Waals surface area contributed by atoms with Crippen LogP contribution in [0.15, 0.2) is 18.2 Å². The number of methoxy groups -OCH3 is 1. The second-order valence-corrected chi connectivity index (χ2v) is 5.56. The van der Waals surface area contributed by atoms with Gasteiger partial charge in [0.15, 0.2) is 15.2 Å². The fourth-order valence-corrected chi connectivity index (χ4v) is 2.69. The zero-order chi connectivity index (χ0) is 14.0. The minimum Gasteiger partial charge on any atom is -0.465 e. The van der Waals surface area contributed by atoms with Gasteiger partial charge in [-0.1, -0.05) is 46.1 Å². The molecule has 0 unspecified atom stereocenters. The van der Waals surface area contributed by atoms with Crippen LogP contribution in [0, 0.1) is 0 Å². The second-order valence-electron chi connectivity index (χ2n) is 3.38. The predicted octanol–water partition coefficient (Wildman–Crippen LogP) is 4.63. The molecule has 0 amide bonds. The third kappa shape index (κ3) is 3.30. The van der Waals surface area contributed by atoms with Crippen LogP contribution in [0.1, 0.15) is 9.67 Å². The van der Waals surface area contributed by atoms with Crippen LogP contribution in [-0.2, 0) is 4.74 Å². The number of thiazole rings is 1. The minimum atomic E-state index is -0.523. The van der Waals surface area contributed by atoms with Crippen molar-refractivity contribution in [1.29, 1.82) is 0 Å². The van der Waals surface area contributed by atoms with Crippen molar-refractivity contribution in [3.8, 4) is 0 Å². The van der Waals surface area contributed by atoms with Crippen LogP contribution in [0.5, 0.6) is 0 Å². The molecular formula is C11H7Cl3N2O2S. The number of rotatable bonds is 3. The second kappa shape index (κ2) is 5.96. The summed E-state index contributed by atoms with van der Waals surface area (Å²) in [5, 5.41) is 4.42. The number of ether oxygens (including phenoxy) is 1. The van der Waals surface area contributed by atoms with Gasteiger partial charge in [-0.2, -0.15) is 0 Å². The van der Waals surface area contributed by atoms with E-state index >= 15 is 0 Å². The maximum absolute atomic E-state index is 11.4. The number of benzene rings is 1. The van der Waals surface area contributed by atoms with Crippen LogP contribution in [0.3, 0.4) is 0 Å². The molecule has 0 spiro atoms. The number of anilines is 2. The van der Waals surface area contributed by atoms with Gasteiger partial charge in [0, 0.05) is 5.69 Å². The van der Waals surface area contributed by atoms with Gasteiger partial charge in [-0.05, 0) is 18.2 Å². The molecular weight excluding hydrogens is 331 g/mol. The van der Waals surface area contributed by atoms with Gasteiger partial charge in [0.05, 0.1) is 17.2 Å². The SMILES string of the molecule is COC(=O)c1sc(Nc2ccc(Cl)c(Cl)c2)nc1Cl. The van der Waals surface area contributed by atoms with E-state index in [0.717, 1.165) is 11.3 Å². The zero-order valence-electron chi connectivity index (χ0n) is 9.54. The fourth-order valence-electron chi connectivity index (χ4n) is 1.27. The topological polar surface area (TPSA) is 51.2 Å². The summed E-state index contributed by atoms with van der Waals surface area (Å²) in [6, 6.07) is 5.04. The lowest BCUT2D eigenvalue weighted by atomic mass is 10.3. The van der Waals surface area contributed by atoms with Crippen LogP contribution in [-0.4, -0.2) is 18.1 Å². The predicted molar refractivity (Wildman–Crippen MR) is 78.2 cm³/mol. The average Bonchev–Trinajstić information content (AvgIpc) is 2.74. The number of nitrogens with one attached hydrogen (secondary N) is 1. The molecule has 2 aromatic rings. The number of carbonyl (C=O) groups excluding carboxylic acids is 1. The van der Waals surface area contributed by atoms with Crippen LogP contribution < -0.4 is 5.32 Å². The Hall–Kier alpha value is -1.01. The van der Waals surface area contributed by atoms with E-state index in [1.165, 1.54) is 7.11 Å². The monoisotopic (exact) mass is 336 g/mol. The van der Waals surface area contributed by atoms with E-state index in [9.17, 15) is 4.79 Å². The summed E-state index contributed by atoms with van der Waals surface area (Å²) in [5.74, 6) is -0.523. The first-order valence-corrected chi connectivity index (χ1v) is 6.93. The highest BCUT2D eigenvalue weighted by atomic mass is 35.5. The van der Waals surface area contributed by atoms with Crippen molar-refractivity contribution in [2.45, 2.75) is 0 Å². The summed E-state index contributed by atoms with van der Waals surface area (Å²) in [4.78, 5) is 15.7. The first-order valence-electron chi connectivity index (χ1n) is 4.98. The molecule has 1 heterocycles. The number of esters is 1. The molecule has 0 saturated carbocycles. The smallest absolute Gasteiger partial charge is 0.351 e. The lowest BCUT2D eigenvalue weighted by Gasteiger charge is -2.03. The largest absolute Gasteiger partial charge is 0.465 e. The van der Waals surface area contributed by atoms with Crippen molar-refractivity contribution in [3.63, 3.8) is 0 Å². The molecule has 100 valence electrons. The van der Waals surface area contributed by atoms with E-state index in [2.05, 4.69) is 15.0 Å². The van der Waals surface area contributed by atoms with Crippen molar-refractivity contribution in [1.82, 2.24) is 4.98 Å². The zero-order valence-corrected chi connectivity index (χ0v) is 12.6. The molecule has 1 N–H and O–H groups in total. The van der Waals surface area contributed by atoms with Gasteiger partial charge in [0.2, 0.25) is 0 Å². The van der Waals surface area contributed by atoms with Crippen molar-refractivity contribution in [2.75, 3.05) is 12.4 Å². The van der Waals surface area contributed by atoms with E-state index < -0.39 is 5.97 Å². The van der Waals surface area contributed by atoms with Gasteiger partial charge >= 0.3 is 5.97 Å². The Morgan fingerprint density at radius 2 is 2.05 bits per heavy atom. The van der Waals surface area contributed by atoms with Crippen LogP contribution in [0.25, 0.3) is 0 Å². The Bertz CT molecular complexity index is 630. The van der Waals surface area contributed by atoms with Gasteiger partial charge in [-0.3, -0.25) is 0 Å². The molecule has 0 bridgehead atoms. The van der Waals surface area contributed by atoms with E-state index in [-0.39, 0.29) is 10.0 Å². The molecule has 8 heteroatoms. The standard InChI is InChI=1S/C11H7Cl3N2O2S/c1-18-10(17)8-9(14)16-11(19-8)15-5-2-3-6(12)7(13)4-5/h2-4H,1H3,(H,15,16). The van der Waals surface area contributed by atoms with Crippen molar-refractivity contribution in [2.24, 2.45) is 0 Å². The van der Waals surface area contributed by atoms with Crippen molar-refractivity contribution in [3.05, 3.63) is 38.3 Å². The van der Waals surface area contributed by atoms with Gasteiger partial charge in [0.25, 0.3) is 0 Å². The molecule has 1 aromatic carbocycles. The number of nitrogens with zero attached hydrogens (tertiary/aromatic N) is 1. The Balaban J connectivity index is 2.24. The first-order chi connectivity index (χ1) is 9.01. The Kier molecular flexibility index (Phi) is 4.52. The molecule has 2 rings (SSSR count). The summed E-state index contributed by atoms with van der Waals surface area (Å²) in [5.41, 5.74) is 0.691. The van der Waals surface area contributed by atoms with Crippen LogP contribution in [0.2, 0.25) is 15.2 Å².